The van der Waals surface area contributed by atoms with Crippen molar-refractivity contribution in [3.8, 4) is 5.75 Å². The average molecular weight is 434 g/mol. The van der Waals surface area contributed by atoms with E-state index in [1.165, 1.54) is 5.56 Å². The highest BCUT2D eigenvalue weighted by Gasteiger charge is 2.27. The van der Waals surface area contributed by atoms with Crippen molar-refractivity contribution >= 4 is 11.8 Å². The van der Waals surface area contributed by atoms with Crippen LogP contribution in [0.4, 0.5) is 11.8 Å². The van der Waals surface area contributed by atoms with Crippen LogP contribution in [0.1, 0.15) is 49.6 Å². The number of benzene rings is 1. The van der Waals surface area contributed by atoms with Crippen LogP contribution in [0, 0.1) is 0 Å². The van der Waals surface area contributed by atoms with Gasteiger partial charge in [0.05, 0.1) is 24.4 Å². The molecule has 7 heteroatoms. The van der Waals surface area contributed by atoms with Crippen LogP contribution in [0.25, 0.3) is 0 Å². The number of pyridine rings is 1. The minimum absolute atomic E-state index is 0.132. The van der Waals surface area contributed by atoms with Crippen LogP contribution in [0.3, 0.4) is 0 Å². The standard InChI is InChI=1S/C25H31N5O2/c1-18(2)32-23-11-10-19(15-20(23)17-31-3)16-30-14-5-8-22(30)21-7-4-9-24(28-21)29-25-26-12-6-13-27-25/h4,6-7,9-13,15,18,22H,5,8,14,16-17H2,1-3H3,(H,26,27,28,29)/t22-/m1/s1. The van der Waals surface area contributed by atoms with E-state index in [1.54, 1.807) is 25.6 Å². The molecule has 1 aliphatic heterocycles. The summed E-state index contributed by atoms with van der Waals surface area (Å²) < 4.78 is 11.4. The molecule has 1 aromatic carbocycles. The third-order valence-corrected chi connectivity index (χ3v) is 5.45. The second-order valence-electron chi connectivity index (χ2n) is 8.32. The molecule has 0 spiro atoms. The van der Waals surface area contributed by atoms with E-state index in [9.17, 15) is 0 Å². The number of aromatic nitrogens is 3. The molecule has 2 aromatic heterocycles. The predicted molar refractivity (Wildman–Crippen MR) is 125 cm³/mol. The molecule has 168 valence electrons. The van der Waals surface area contributed by atoms with E-state index < -0.39 is 0 Å². The summed E-state index contributed by atoms with van der Waals surface area (Å²) >= 11 is 0. The van der Waals surface area contributed by atoms with Gasteiger partial charge in [-0.15, -0.1) is 0 Å². The number of anilines is 2. The third kappa shape index (κ3) is 5.60. The lowest BCUT2D eigenvalue weighted by Crippen LogP contribution is -2.23. The van der Waals surface area contributed by atoms with Gasteiger partial charge in [-0.05, 0) is 69.1 Å². The molecule has 0 saturated carbocycles. The monoisotopic (exact) mass is 433 g/mol. The van der Waals surface area contributed by atoms with Gasteiger partial charge in [0.25, 0.3) is 0 Å². The number of nitrogens with zero attached hydrogens (tertiary/aromatic N) is 4. The first-order chi connectivity index (χ1) is 15.6. The SMILES string of the molecule is COCc1cc(CN2CCC[C@@H]2c2cccc(Nc3ncccn3)n2)ccc1OC(C)C. The number of hydrogen-bond donors (Lipinski definition) is 1. The van der Waals surface area contributed by atoms with Crippen LogP contribution in [0.5, 0.6) is 5.75 Å². The summed E-state index contributed by atoms with van der Waals surface area (Å²) in [6.45, 7) is 6.54. The fourth-order valence-electron chi connectivity index (χ4n) is 4.14. The zero-order valence-electron chi connectivity index (χ0n) is 19.0. The van der Waals surface area contributed by atoms with Crippen molar-refractivity contribution in [1.82, 2.24) is 19.9 Å². The molecule has 0 amide bonds. The Morgan fingerprint density at radius 1 is 1.12 bits per heavy atom. The van der Waals surface area contributed by atoms with Gasteiger partial charge in [-0.1, -0.05) is 12.1 Å². The van der Waals surface area contributed by atoms with Gasteiger partial charge in [-0.25, -0.2) is 15.0 Å². The van der Waals surface area contributed by atoms with Gasteiger partial charge in [0, 0.05) is 31.6 Å². The zero-order valence-corrected chi connectivity index (χ0v) is 19.0. The lowest BCUT2D eigenvalue weighted by Gasteiger charge is -2.25. The molecule has 1 N–H and O–H groups in total. The van der Waals surface area contributed by atoms with Crippen LogP contribution in [0.15, 0.2) is 54.9 Å². The van der Waals surface area contributed by atoms with E-state index in [1.807, 2.05) is 26.0 Å². The van der Waals surface area contributed by atoms with Gasteiger partial charge in [0.2, 0.25) is 5.95 Å². The van der Waals surface area contributed by atoms with Crippen molar-refractivity contribution in [1.29, 1.82) is 0 Å². The summed E-state index contributed by atoms with van der Waals surface area (Å²) in [5.41, 5.74) is 3.41. The fraction of sp³-hybridized carbons (Fsp3) is 0.400. The Bertz CT molecular complexity index is 1010. The lowest BCUT2D eigenvalue weighted by atomic mass is 10.1. The van der Waals surface area contributed by atoms with Gasteiger partial charge in [0.1, 0.15) is 11.6 Å². The summed E-state index contributed by atoms with van der Waals surface area (Å²) in [7, 11) is 1.72. The summed E-state index contributed by atoms with van der Waals surface area (Å²) in [5, 5.41) is 3.20. The normalized spacial score (nSPS) is 16.4. The quantitative estimate of drug-likeness (QED) is 0.515. The van der Waals surface area contributed by atoms with Crippen LogP contribution in [0.2, 0.25) is 0 Å². The predicted octanol–water partition coefficient (Wildman–Crippen LogP) is 4.89. The summed E-state index contributed by atoms with van der Waals surface area (Å²) in [5.74, 6) is 2.21. The van der Waals surface area contributed by atoms with Crippen LogP contribution in [-0.4, -0.2) is 39.6 Å². The number of rotatable bonds is 9. The van der Waals surface area contributed by atoms with Crippen molar-refractivity contribution in [2.45, 2.75) is 52.0 Å². The molecule has 32 heavy (non-hydrogen) atoms. The van der Waals surface area contributed by atoms with Crippen molar-refractivity contribution in [3.63, 3.8) is 0 Å². The highest BCUT2D eigenvalue weighted by Crippen LogP contribution is 2.33. The highest BCUT2D eigenvalue weighted by molar-refractivity contribution is 5.47. The molecule has 1 fully saturated rings. The summed E-state index contributed by atoms with van der Waals surface area (Å²) in [6.07, 6.45) is 5.82. The maximum absolute atomic E-state index is 5.95. The zero-order chi connectivity index (χ0) is 22.3. The maximum Gasteiger partial charge on any atom is 0.228 e. The van der Waals surface area contributed by atoms with Crippen molar-refractivity contribution in [2.75, 3.05) is 19.0 Å². The van der Waals surface area contributed by atoms with E-state index in [4.69, 9.17) is 14.5 Å². The lowest BCUT2D eigenvalue weighted by molar-refractivity contribution is 0.174. The number of nitrogens with one attached hydrogen (secondary N) is 1. The molecule has 4 rings (SSSR count). The molecular weight excluding hydrogens is 402 g/mol. The number of likely N-dealkylation sites (tertiary alicyclic amines) is 1. The molecule has 1 aliphatic rings. The molecule has 7 nitrogen and oxygen atoms in total. The second kappa shape index (κ2) is 10.5. The Balaban J connectivity index is 1.49. The minimum atomic E-state index is 0.132. The van der Waals surface area contributed by atoms with E-state index in [-0.39, 0.29) is 12.1 Å². The summed E-state index contributed by atoms with van der Waals surface area (Å²) in [4.78, 5) is 15.8. The van der Waals surface area contributed by atoms with E-state index in [0.717, 1.165) is 48.8 Å². The highest BCUT2D eigenvalue weighted by atomic mass is 16.5. The third-order valence-electron chi connectivity index (χ3n) is 5.45. The molecule has 0 aliphatic carbocycles. The molecule has 0 unspecified atom stereocenters. The smallest absolute Gasteiger partial charge is 0.228 e. The Labute approximate surface area is 189 Å². The Morgan fingerprint density at radius 3 is 2.75 bits per heavy atom. The number of hydrogen-bond acceptors (Lipinski definition) is 7. The van der Waals surface area contributed by atoms with Gasteiger partial charge >= 0.3 is 0 Å². The number of methoxy groups -OCH3 is 1. The first kappa shape index (κ1) is 22.2. The Morgan fingerprint density at radius 2 is 1.97 bits per heavy atom. The van der Waals surface area contributed by atoms with Crippen molar-refractivity contribution in [3.05, 3.63) is 71.7 Å². The van der Waals surface area contributed by atoms with E-state index in [0.29, 0.717) is 12.6 Å². The molecule has 3 heterocycles. The fourth-order valence-corrected chi connectivity index (χ4v) is 4.14. The first-order valence-corrected chi connectivity index (χ1v) is 11.1. The van der Waals surface area contributed by atoms with Crippen molar-refractivity contribution in [2.24, 2.45) is 0 Å². The summed E-state index contributed by atoms with van der Waals surface area (Å²) in [6, 6.07) is 14.6. The van der Waals surface area contributed by atoms with Crippen molar-refractivity contribution < 1.29 is 9.47 Å². The topological polar surface area (TPSA) is 72.4 Å². The van der Waals surface area contributed by atoms with Gasteiger partial charge < -0.3 is 14.8 Å². The van der Waals surface area contributed by atoms with Crippen LogP contribution < -0.4 is 10.1 Å². The van der Waals surface area contributed by atoms with Crippen LogP contribution in [-0.2, 0) is 17.9 Å². The maximum atomic E-state index is 5.95. The van der Waals surface area contributed by atoms with Crippen LogP contribution >= 0.6 is 0 Å². The van der Waals surface area contributed by atoms with Gasteiger partial charge in [-0.3, -0.25) is 4.90 Å². The minimum Gasteiger partial charge on any atom is -0.491 e. The Hall–Kier alpha value is -3.03. The largest absolute Gasteiger partial charge is 0.491 e. The number of ether oxygens (including phenoxy) is 2. The Kier molecular flexibility index (Phi) is 7.29. The molecule has 0 bridgehead atoms. The molecule has 1 atom stereocenters. The van der Waals surface area contributed by atoms with Gasteiger partial charge in [0.15, 0.2) is 0 Å². The molecule has 0 radical (unpaired) electrons. The molecule has 1 saturated heterocycles. The second-order valence-corrected chi connectivity index (χ2v) is 8.32. The van der Waals surface area contributed by atoms with Gasteiger partial charge in [-0.2, -0.15) is 0 Å². The molecule has 3 aromatic rings. The van der Waals surface area contributed by atoms with E-state index in [2.05, 4.69) is 44.5 Å². The average Bonchev–Trinajstić information content (AvgIpc) is 3.24. The first-order valence-electron chi connectivity index (χ1n) is 11.1. The van der Waals surface area contributed by atoms with E-state index >= 15 is 0 Å². The molecular formula is C25H31N5O2.